The van der Waals surface area contributed by atoms with E-state index in [0.717, 1.165) is 24.8 Å². The Hall–Kier alpha value is -1.62. The van der Waals surface area contributed by atoms with Gasteiger partial charge in [0.1, 0.15) is 0 Å². The predicted molar refractivity (Wildman–Crippen MR) is 89.2 cm³/mol. The molecule has 0 spiro atoms. The molecule has 2 heterocycles. The Morgan fingerprint density at radius 1 is 1.39 bits per heavy atom. The first-order valence-electron chi connectivity index (χ1n) is 8.51. The van der Waals surface area contributed by atoms with Crippen LogP contribution in [-0.4, -0.2) is 30.2 Å². The second kappa shape index (κ2) is 8.87. The summed E-state index contributed by atoms with van der Waals surface area (Å²) in [7, 11) is 0. The number of hydrogen-bond acceptors (Lipinski definition) is 4. The van der Waals surface area contributed by atoms with Crippen molar-refractivity contribution in [3.8, 4) is 5.88 Å². The van der Waals surface area contributed by atoms with Crippen LogP contribution in [0.3, 0.4) is 0 Å². The molecule has 0 bridgehead atoms. The molecule has 1 fully saturated rings. The molecule has 1 saturated heterocycles. The molecule has 1 aromatic rings. The van der Waals surface area contributed by atoms with Gasteiger partial charge in [-0.25, -0.2) is 4.98 Å². The Balaban J connectivity index is 1.83. The average Bonchev–Trinajstić information content (AvgIpc) is 2.53. The van der Waals surface area contributed by atoms with Crippen LogP contribution in [0.5, 0.6) is 5.88 Å². The summed E-state index contributed by atoms with van der Waals surface area (Å²) in [4.78, 5) is 16.4. The lowest BCUT2D eigenvalue weighted by Gasteiger charge is -2.21. The number of hydrogen-bond donors (Lipinski definition) is 1. The molecule has 1 aromatic heterocycles. The van der Waals surface area contributed by atoms with Crippen LogP contribution in [0.2, 0.25) is 0 Å². The maximum absolute atomic E-state index is 12.1. The van der Waals surface area contributed by atoms with Gasteiger partial charge in [0, 0.05) is 37.9 Å². The first kappa shape index (κ1) is 17.7. The average molecular weight is 320 g/mol. The summed E-state index contributed by atoms with van der Waals surface area (Å²) in [6, 6.07) is 3.81. The smallest absolute Gasteiger partial charge is 0.223 e. The predicted octanol–water partition coefficient (Wildman–Crippen LogP) is 2.94. The molecule has 23 heavy (non-hydrogen) atoms. The quantitative estimate of drug-likeness (QED) is 0.839. The zero-order chi connectivity index (χ0) is 16.7. The van der Waals surface area contributed by atoms with Crippen molar-refractivity contribution in [2.45, 2.75) is 52.7 Å². The molecule has 1 aliphatic heterocycles. The minimum atomic E-state index is 0.0763. The minimum Gasteiger partial charge on any atom is -0.475 e. The van der Waals surface area contributed by atoms with Crippen molar-refractivity contribution >= 4 is 5.91 Å². The van der Waals surface area contributed by atoms with Crippen LogP contribution in [-0.2, 0) is 16.1 Å². The fourth-order valence-electron chi connectivity index (χ4n) is 2.84. The van der Waals surface area contributed by atoms with Gasteiger partial charge in [0.05, 0.1) is 6.10 Å². The first-order chi connectivity index (χ1) is 11.0. The zero-order valence-electron chi connectivity index (χ0n) is 14.4. The summed E-state index contributed by atoms with van der Waals surface area (Å²) in [6.07, 6.45) is 4.47. The molecular weight excluding hydrogens is 292 g/mol. The molecule has 2 rings (SSSR count). The minimum absolute atomic E-state index is 0.0763. The highest BCUT2D eigenvalue weighted by Gasteiger charge is 2.21. The van der Waals surface area contributed by atoms with Crippen molar-refractivity contribution in [3.05, 3.63) is 23.9 Å². The van der Waals surface area contributed by atoms with Gasteiger partial charge >= 0.3 is 0 Å². The highest BCUT2D eigenvalue weighted by atomic mass is 16.5. The molecule has 1 atom stereocenters. The normalized spacial score (nSPS) is 17.0. The third kappa shape index (κ3) is 6.18. The molecule has 1 amide bonds. The van der Waals surface area contributed by atoms with Crippen LogP contribution in [0, 0.1) is 11.8 Å². The highest BCUT2D eigenvalue weighted by molar-refractivity contribution is 5.78. The molecular formula is C18H28N2O3. The van der Waals surface area contributed by atoms with E-state index in [1.165, 1.54) is 0 Å². The van der Waals surface area contributed by atoms with Gasteiger partial charge in [0.15, 0.2) is 0 Å². The first-order valence-corrected chi connectivity index (χ1v) is 8.51. The standard InChI is InChI=1S/C18H28N2O3/c1-13(2)10-14(3)23-17-11-15(4-7-19-17)12-20-18(21)16-5-8-22-9-6-16/h4,7,11,13-14,16H,5-6,8-10,12H2,1-3H3,(H,20,21)/t14-/m0/s1. The van der Waals surface area contributed by atoms with Gasteiger partial charge in [-0.15, -0.1) is 0 Å². The summed E-state index contributed by atoms with van der Waals surface area (Å²) in [5.74, 6) is 1.40. The molecule has 1 aliphatic rings. The second-order valence-electron chi connectivity index (χ2n) is 6.66. The van der Waals surface area contributed by atoms with Gasteiger partial charge in [-0.1, -0.05) is 13.8 Å². The Morgan fingerprint density at radius 2 is 2.13 bits per heavy atom. The van der Waals surface area contributed by atoms with E-state index in [4.69, 9.17) is 9.47 Å². The Kier molecular flexibility index (Phi) is 6.84. The van der Waals surface area contributed by atoms with Gasteiger partial charge in [0.25, 0.3) is 0 Å². The van der Waals surface area contributed by atoms with Crippen molar-refractivity contribution < 1.29 is 14.3 Å². The number of rotatable bonds is 7. The summed E-state index contributed by atoms with van der Waals surface area (Å²) in [6.45, 7) is 8.28. The van der Waals surface area contributed by atoms with Gasteiger partial charge < -0.3 is 14.8 Å². The number of carbonyl (C=O) groups is 1. The van der Waals surface area contributed by atoms with Gasteiger partial charge in [-0.2, -0.15) is 0 Å². The van der Waals surface area contributed by atoms with E-state index in [-0.39, 0.29) is 17.9 Å². The monoisotopic (exact) mass is 320 g/mol. The van der Waals surface area contributed by atoms with E-state index in [9.17, 15) is 4.79 Å². The van der Waals surface area contributed by atoms with Crippen molar-refractivity contribution in [3.63, 3.8) is 0 Å². The Labute approximate surface area is 138 Å². The largest absolute Gasteiger partial charge is 0.475 e. The lowest BCUT2D eigenvalue weighted by molar-refractivity contribution is -0.128. The van der Waals surface area contributed by atoms with E-state index in [0.29, 0.717) is 31.6 Å². The molecule has 0 unspecified atom stereocenters. The van der Waals surface area contributed by atoms with Gasteiger partial charge in [-0.3, -0.25) is 4.79 Å². The molecule has 128 valence electrons. The zero-order valence-corrected chi connectivity index (χ0v) is 14.4. The summed E-state index contributed by atoms with van der Waals surface area (Å²) >= 11 is 0. The van der Waals surface area contributed by atoms with Crippen LogP contribution in [0.1, 0.15) is 45.6 Å². The lowest BCUT2D eigenvalue weighted by atomic mass is 9.99. The topological polar surface area (TPSA) is 60.5 Å². The van der Waals surface area contributed by atoms with Crippen LogP contribution < -0.4 is 10.1 Å². The van der Waals surface area contributed by atoms with E-state index < -0.39 is 0 Å². The molecule has 0 radical (unpaired) electrons. The summed E-state index contributed by atoms with van der Waals surface area (Å²) < 4.78 is 11.1. The van der Waals surface area contributed by atoms with Crippen molar-refractivity contribution in [1.29, 1.82) is 0 Å². The molecule has 1 N–H and O–H groups in total. The number of pyridine rings is 1. The van der Waals surface area contributed by atoms with E-state index >= 15 is 0 Å². The number of carbonyl (C=O) groups excluding carboxylic acids is 1. The van der Waals surface area contributed by atoms with Crippen LogP contribution in [0.15, 0.2) is 18.3 Å². The van der Waals surface area contributed by atoms with Crippen LogP contribution in [0.4, 0.5) is 0 Å². The summed E-state index contributed by atoms with van der Waals surface area (Å²) in [5.41, 5.74) is 1.01. The third-order valence-electron chi connectivity index (χ3n) is 3.98. The number of nitrogens with one attached hydrogen (secondary N) is 1. The number of ether oxygens (including phenoxy) is 2. The molecule has 0 saturated carbocycles. The fraction of sp³-hybridized carbons (Fsp3) is 0.667. The van der Waals surface area contributed by atoms with Crippen molar-refractivity contribution in [2.24, 2.45) is 11.8 Å². The Bertz CT molecular complexity index is 499. The third-order valence-corrected chi connectivity index (χ3v) is 3.98. The molecule has 5 heteroatoms. The number of aromatic nitrogens is 1. The number of amides is 1. The fourth-order valence-corrected chi connectivity index (χ4v) is 2.84. The maximum atomic E-state index is 12.1. The lowest BCUT2D eigenvalue weighted by Crippen LogP contribution is -2.33. The van der Waals surface area contributed by atoms with Crippen molar-refractivity contribution in [1.82, 2.24) is 10.3 Å². The van der Waals surface area contributed by atoms with Gasteiger partial charge in [-0.05, 0) is 43.7 Å². The SMILES string of the molecule is CC(C)C[C@H](C)Oc1cc(CNC(=O)C2CCOCC2)ccn1. The van der Waals surface area contributed by atoms with E-state index in [2.05, 4.69) is 31.1 Å². The Morgan fingerprint density at radius 3 is 2.83 bits per heavy atom. The van der Waals surface area contributed by atoms with Crippen LogP contribution in [0.25, 0.3) is 0 Å². The second-order valence-corrected chi connectivity index (χ2v) is 6.66. The number of nitrogens with zero attached hydrogens (tertiary/aromatic N) is 1. The van der Waals surface area contributed by atoms with Gasteiger partial charge in [0.2, 0.25) is 11.8 Å². The molecule has 0 aliphatic carbocycles. The van der Waals surface area contributed by atoms with E-state index in [1.54, 1.807) is 6.20 Å². The molecule has 5 nitrogen and oxygen atoms in total. The van der Waals surface area contributed by atoms with Crippen molar-refractivity contribution in [2.75, 3.05) is 13.2 Å². The molecule has 0 aromatic carbocycles. The summed E-state index contributed by atoms with van der Waals surface area (Å²) in [5, 5.41) is 3.00. The maximum Gasteiger partial charge on any atom is 0.223 e. The van der Waals surface area contributed by atoms with E-state index in [1.807, 2.05) is 12.1 Å². The highest BCUT2D eigenvalue weighted by Crippen LogP contribution is 2.16. The van der Waals surface area contributed by atoms with Crippen LogP contribution >= 0.6 is 0 Å².